The average molecular weight is 426 g/mol. The van der Waals surface area contributed by atoms with E-state index >= 15 is 0 Å². The van der Waals surface area contributed by atoms with Gasteiger partial charge in [0.25, 0.3) is 0 Å². The van der Waals surface area contributed by atoms with Crippen molar-refractivity contribution in [1.29, 1.82) is 0 Å². The maximum Gasteiger partial charge on any atom is 0.0328 e. The van der Waals surface area contributed by atoms with E-state index in [0.717, 1.165) is 17.0 Å². The van der Waals surface area contributed by atoms with Crippen molar-refractivity contribution in [2.75, 3.05) is 0 Å². The van der Waals surface area contributed by atoms with E-state index in [2.05, 4.69) is 15.2 Å². The number of rotatable bonds is 1. The molecule has 0 aromatic carbocycles. The molecule has 0 bridgehead atoms. The summed E-state index contributed by atoms with van der Waals surface area (Å²) in [4.78, 5) is 4.00. The summed E-state index contributed by atoms with van der Waals surface area (Å²) < 4.78 is 0. The molecule has 15 heavy (non-hydrogen) atoms. The van der Waals surface area contributed by atoms with Crippen molar-refractivity contribution in [2.45, 2.75) is 20.8 Å². The van der Waals surface area contributed by atoms with Crippen LogP contribution in [0.4, 0.5) is 0 Å². The fraction of sp³-hybridized carbons (Fsp3) is 0.273. The number of pyridine rings is 1. The zero-order chi connectivity index (χ0) is 10.4. The molecule has 0 saturated carbocycles. The molecular formula is C11H14N3U-. The standard InChI is InChI=1S/C9H8N3.C2H6.U/c1-7-5-9(12-11-7)8-3-2-4-10-6-8;1-2;/h2-6H,1H3;1-2H3;/q-1;;. The van der Waals surface area contributed by atoms with Gasteiger partial charge in [0.15, 0.2) is 0 Å². The molecular weight excluding hydrogens is 412 g/mol. The third-order valence-electron chi connectivity index (χ3n) is 1.62. The Morgan fingerprint density at radius 1 is 1.27 bits per heavy atom. The molecule has 2 rings (SSSR count). The van der Waals surface area contributed by atoms with Crippen LogP contribution in [0.25, 0.3) is 11.3 Å². The van der Waals surface area contributed by atoms with Crippen molar-refractivity contribution >= 4 is 0 Å². The second kappa shape index (κ2) is 7.67. The first kappa shape index (κ1) is 14.4. The Bertz CT molecular complexity index is 370. The Morgan fingerprint density at radius 2 is 2.00 bits per heavy atom. The first-order valence-electron chi connectivity index (χ1n) is 4.73. The van der Waals surface area contributed by atoms with E-state index in [9.17, 15) is 0 Å². The van der Waals surface area contributed by atoms with E-state index in [1.807, 2.05) is 39.0 Å². The summed E-state index contributed by atoms with van der Waals surface area (Å²) >= 11 is 0. The number of hydrogen-bond donors (Lipinski definition) is 0. The molecule has 0 unspecified atom stereocenters. The molecule has 2 heterocycles. The molecule has 78 valence electrons. The van der Waals surface area contributed by atoms with E-state index in [1.54, 1.807) is 12.4 Å². The summed E-state index contributed by atoms with van der Waals surface area (Å²) in [7, 11) is 0. The minimum Gasteiger partial charge on any atom is -0.575 e. The smallest absolute Gasteiger partial charge is 0.0328 e. The van der Waals surface area contributed by atoms with Gasteiger partial charge >= 0.3 is 0 Å². The molecule has 0 spiro atoms. The number of hydrogen-bond acceptors (Lipinski definition) is 2. The van der Waals surface area contributed by atoms with Crippen LogP contribution in [-0.2, 0) is 0 Å². The van der Waals surface area contributed by atoms with Gasteiger partial charge in [0.2, 0.25) is 0 Å². The second-order valence-corrected chi connectivity index (χ2v) is 2.61. The topological polar surface area (TPSA) is 39.9 Å². The van der Waals surface area contributed by atoms with Crippen LogP contribution < -0.4 is 5.10 Å². The van der Waals surface area contributed by atoms with Crippen molar-refractivity contribution in [2.24, 2.45) is 0 Å². The molecule has 0 saturated heterocycles. The van der Waals surface area contributed by atoms with Crippen LogP contribution in [0.5, 0.6) is 0 Å². The van der Waals surface area contributed by atoms with Crippen molar-refractivity contribution in [3.63, 3.8) is 0 Å². The molecule has 0 fully saturated rings. The van der Waals surface area contributed by atoms with Crippen LogP contribution >= 0.6 is 0 Å². The summed E-state index contributed by atoms with van der Waals surface area (Å²) in [6.45, 7) is 5.92. The molecule has 0 radical (unpaired) electrons. The quantitative estimate of drug-likeness (QED) is 0.704. The molecule has 2 aromatic heterocycles. The summed E-state index contributed by atoms with van der Waals surface area (Å²) in [5.41, 5.74) is 2.84. The summed E-state index contributed by atoms with van der Waals surface area (Å²) in [6.07, 6.45) is 3.52. The first-order valence-corrected chi connectivity index (χ1v) is 4.73. The molecule has 0 N–H and O–H groups in total. The Balaban J connectivity index is 0.000000617. The van der Waals surface area contributed by atoms with Crippen LogP contribution in [0, 0.1) is 38.0 Å². The molecule has 0 aliphatic rings. The van der Waals surface area contributed by atoms with E-state index in [4.69, 9.17) is 0 Å². The third kappa shape index (κ3) is 4.19. The van der Waals surface area contributed by atoms with E-state index in [-0.39, 0.29) is 31.1 Å². The minimum atomic E-state index is 0. The maximum atomic E-state index is 4.00. The summed E-state index contributed by atoms with van der Waals surface area (Å²) in [6, 6.07) is 5.80. The van der Waals surface area contributed by atoms with Gasteiger partial charge in [-0.2, -0.15) is 0 Å². The first-order chi connectivity index (χ1) is 6.86. The molecule has 0 atom stereocenters. The van der Waals surface area contributed by atoms with Crippen molar-refractivity contribution in [3.05, 3.63) is 36.3 Å². The van der Waals surface area contributed by atoms with Gasteiger partial charge in [-0.15, -0.1) is 5.69 Å². The molecule has 0 aliphatic carbocycles. The van der Waals surface area contributed by atoms with Gasteiger partial charge in [-0.1, -0.05) is 26.0 Å². The van der Waals surface area contributed by atoms with Crippen LogP contribution in [-0.4, -0.2) is 10.1 Å². The van der Waals surface area contributed by atoms with Gasteiger partial charge in [0.05, 0.1) is 0 Å². The van der Waals surface area contributed by atoms with E-state index in [0.29, 0.717) is 0 Å². The maximum absolute atomic E-state index is 4.00. The van der Waals surface area contributed by atoms with Gasteiger partial charge < -0.3 is 10.2 Å². The van der Waals surface area contributed by atoms with Crippen LogP contribution in [0.1, 0.15) is 19.5 Å². The summed E-state index contributed by atoms with van der Waals surface area (Å²) in [5, 5.41) is 7.91. The molecule has 0 aliphatic heterocycles. The van der Waals surface area contributed by atoms with Gasteiger partial charge in [0.1, 0.15) is 0 Å². The molecule has 3 nitrogen and oxygen atoms in total. The van der Waals surface area contributed by atoms with Crippen molar-refractivity contribution in [1.82, 2.24) is 15.2 Å². The predicted octanol–water partition coefficient (Wildman–Crippen LogP) is 2.44. The SMILES string of the molecule is CC.Cc1cc(-c2cccnc2)[n-]n1.[U]. The van der Waals surface area contributed by atoms with Crippen LogP contribution in [0.15, 0.2) is 30.6 Å². The third-order valence-corrected chi connectivity index (χ3v) is 1.62. The fourth-order valence-corrected chi connectivity index (χ4v) is 1.04. The van der Waals surface area contributed by atoms with E-state index in [1.165, 1.54) is 0 Å². The zero-order valence-electron chi connectivity index (χ0n) is 9.23. The van der Waals surface area contributed by atoms with Crippen molar-refractivity contribution < 1.29 is 31.1 Å². The van der Waals surface area contributed by atoms with Gasteiger partial charge in [0, 0.05) is 49.2 Å². The van der Waals surface area contributed by atoms with Crippen LogP contribution in [0.2, 0.25) is 0 Å². The van der Waals surface area contributed by atoms with Gasteiger partial charge in [-0.05, 0) is 18.6 Å². The Labute approximate surface area is 114 Å². The molecule has 0 amide bonds. The Morgan fingerprint density at radius 3 is 2.47 bits per heavy atom. The Hall–Kier alpha value is -0.588. The number of nitrogens with zero attached hydrogens (tertiary/aromatic N) is 3. The van der Waals surface area contributed by atoms with Crippen LogP contribution in [0.3, 0.4) is 0 Å². The monoisotopic (exact) mass is 426 g/mol. The number of aryl methyl sites for hydroxylation is 1. The second-order valence-electron chi connectivity index (χ2n) is 2.61. The molecule has 4 heteroatoms. The Kier molecular flexibility index (Phi) is 7.37. The van der Waals surface area contributed by atoms with Gasteiger partial charge in [-0.25, -0.2) is 0 Å². The largest absolute Gasteiger partial charge is 0.575 e. The summed E-state index contributed by atoms with van der Waals surface area (Å²) in [5.74, 6) is 0. The number of aromatic nitrogens is 3. The average Bonchev–Trinajstić information content (AvgIpc) is 2.69. The van der Waals surface area contributed by atoms with Gasteiger partial charge in [-0.3, -0.25) is 4.98 Å². The minimum absolute atomic E-state index is 0. The van der Waals surface area contributed by atoms with E-state index < -0.39 is 0 Å². The van der Waals surface area contributed by atoms with Crippen molar-refractivity contribution in [3.8, 4) is 11.3 Å². The normalized spacial score (nSPS) is 8.47. The molecule has 2 aromatic rings. The fourth-order valence-electron chi connectivity index (χ4n) is 1.04. The zero-order valence-corrected chi connectivity index (χ0v) is 13.4. The predicted molar refractivity (Wildman–Crippen MR) is 56.9 cm³/mol.